The number of benzene rings is 2. The van der Waals surface area contributed by atoms with Gasteiger partial charge in [0.25, 0.3) is 0 Å². The van der Waals surface area contributed by atoms with E-state index in [0.29, 0.717) is 53.5 Å². The molecule has 33 heavy (non-hydrogen) atoms. The minimum absolute atomic E-state index is 0.0491. The van der Waals surface area contributed by atoms with Crippen molar-refractivity contribution in [3.63, 3.8) is 0 Å². The SMILES string of the molecule is Cc1nc(-c2ccc(C)c(S(=O)(=O)N3CCC[C@@H](C(=O)Nc4ccc(C)c(F)c4)C3)c2)no1. The summed E-state index contributed by atoms with van der Waals surface area (Å²) < 4.78 is 47.1. The first-order valence-electron chi connectivity index (χ1n) is 10.6. The first kappa shape index (κ1) is 23.1. The number of hydrogen-bond donors (Lipinski definition) is 1. The Balaban J connectivity index is 1.54. The van der Waals surface area contributed by atoms with Gasteiger partial charge in [0.2, 0.25) is 27.6 Å². The Hall–Kier alpha value is -3.11. The zero-order chi connectivity index (χ0) is 23.8. The smallest absolute Gasteiger partial charge is 0.243 e. The van der Waals surface area contributed by atoms with E-state index >= 15 is 0 Å². The fraction of sp³-hybridized carbons (Fsp3) is 0.348. The maximum atomic E-state index is 13.8. The second-order valence-corrected chi connectivity index (χ2v) is 10.2. The summed E-state index contributed by atoms with van der Waals surface area (Å²) in [6.45, 7) is 5.38. The van der Waals surface area contributed by atoms with E-state index in [0.717, 1.165) is 0 Å². The molecule has 10 heteroatoms. The molecule has 174 valence electrons. The van der Waals surface area contributed by atoms with E-state index in [1.165, 1.54) is 16.4 Å². The highest BCUT2D eigenvalue weighted by Gasteiger charge is 2.34. The zero-order valence-electron chi connectivity index (χ0n) is 18.6. The number of nitrogens with one attached hydrogen (secondary N) is 1. The molecule has 4 rings (SSSR count). The lowest BCUT2D eigenvalue weighted by molar-refractivity contribution is -0.120. The topological polar surface area (TPSA) is 105 Å². The molecule has 1 saturated heterocycles. The molecule has 3 aromatic rings. The van der Waals surface area contributed by atoms with Gasteiger partial charge in [0.15, 0.2) is 0 Å². The molecular weight excluding hydrogens is 447 g/mol. The van der Waals surface area contributed by atoms with Crippen LogP contribution in [0.3, 0.4) is 0 Å². The van der Waals surface area contributed by atoms with E-state index in [1.54, 1.807) is 45.0 Å². The van der Waals surface area contributed by atoms with Crippen molar-refractivity contribution >= 4 is 21.6 Å². The Morgan fingerprint density at radius 1 is 1.15 bits per heavy atom. The van der Waals surface area contributed by atoms with Crippen LogP contribution in [-0.4, -0.2) is 41.9 Å². The highest BCUT2D eigenvalue weighted by molar-refractivity contribution is 7.89. The molecule has 0 spiro atoms. The Labute approximate surface area is 191 Å². The largest absolute Gasteiger partial charge is 0.339 e. The lowest BCUT2D eigenvalue weighted by Gasteiger charge is -2.31. The minimum Gasteiger partial charge on any atom is -0.339 e. The van der Waals surface area contributed by atoms with Gasteiger partial charge in [-0.2, -0.15) is 9.29 Å². The summed E-state index contributed by atoms with van der Waals surface area (Å²) in [6, 6.07) is 9.46. The average Bonchev–Trinajstić information content (AvgIpc) is 3.23. The van der Waals surface area contributed by atoms with Gasteiger partial charge in [0, 0.05) is 31.3 Å². The number of piperidine rings is 1. The van der Waals surface area contributed by atoms with Crippen molar-refractivity contribution in [1.82, 2.24) is 14.4 Å². The van der Waals surface area contributed by atoms with Crippen LogP contribution >= 0.6 is 0 Å². The number of amides is 1. The Kier molecular flexibility index (Phi) is 6.31. The van der Waals surface area contributed by atoms with Crippen molar-refractivity contribution in [1.29, 1.82) is 0 Å². The molecule has 1 amide bonds. The number of hydrogen-bond acceptors (Lipinski definition) is 6. The van der Waals surface area contributed by atoms with E-state index < -0.39 is 21.8 Å². The molecule has 0 aliphatic carbocycles. The highest BCUT2D eigenvalue weighted by atomic mass is 32.2. The van der Waals surface area contributed by atoms with Gasteiger partial charge in [-0.1, -0.05) is 23.4 Å². The van der Waals surface area contributed by atoms with Gasteiger partial charge in [-0.05, 0) is 56.0 Å². The van der Waals surface area contributed by atoms with E-state index in [4.69, 9.17) is 4.52 Å². The predicted molar refractivity (Wildman–Crippen MR) is 120 cm³/mol. The number of aromatic nitrogens is 2. The van der Waals surface area contributed by atoms with Crippen molar-refractivity contribution in [3.05, 3.63) is 59.2 Å². The van der Waals surface area contributed by atoms with Crippen molar-refractivity contribution in [2.24, 2.45) is 5.92 Å². The number of rotatable bonds is 5. The van der Waals surface area contributed by atoms with Gasteiger partial charge in [-0.15, -0.1) is 0 Å². The lowest BCUT2D eigenvalue weighted by Crippen LogP contribution is -2.43. The second-order valence-electron chi connectivity index (χ2n) is 8.27. The van der Waals surface area contributed by atoms with Crippen LogP contribution in [0.2, 0.25) is 0 Å². The van der Waals surface area contributed by atoms with E-state index in [2.05, 4.69) is 15.5 Å². The quantitative estimate of drug-likeness (QED) is 0.605. The molecule has 1 N–H and O–H groups in total. The zero-order valence-corrected chi connectivity index (χ0v) is 19.4. The molecule has 2 aromatic carbocycles. The van der Waals surface area contributed by atoms with Gasteiger partial charge < -0.3 is 9.84 Å². The number of carbonyl (C=O) groups is 1. The highest BCUT2D eigenvalue weighted by Crippen LogP contribution is 2.29. The van der Waals surface area contributed by atoms with Crippen molar-refractivity contribution in [2.75, 3.05) is 18.4 Å². The monoisotopic (exact) mass is 472 g/mol. The number of sulfonamides is 1. The molecule has 0 bridgehead atoms. The van der Waals surface area contributed by atoms with E-state index in [1.807, 2.05) is 0 Å². The van der Waals surface area contributed by atoms with Crippen LogP contribution in [0.15, 0.2) is 45.8 Å². The van der Waals surface area contributed by atoms with Gasteiger partial charge in [0.1, 0.15) is 5.82 Å². The van der Waals surface area contributed by atoms with Crippen LogP contribution in [0, 0.1) is 32.5 Å². The van der Waals surface area contributed by atoms with Crippen LogP contribution in [0.5, 0.6) is 0 Å². The van der Waals surface area contributed by atoms with Crippen LogP contribution in [0.4, 0.5) is 10.1 Å². The summed E-state index contributed by atoms with van der Waals surface area (Å²) in [7, 11) is -3.86. The van der Waals surface area contributed by atoms with Crippen molar-refractivity contribution in [2.45, 2.75) is 38.5 Å². The van der Waals surface area contributed by atoms with Gasteiger partial charge in [0.05, 0.1) is 10.8 Å². The fourth-order valence-corrected chi connectivity index (χ4v) is 5.64. The maximum absolute atomic E-state index is 13.8. The molecule has 1 aliphatic heterocycles. The average molecular weight is 473 g/mol. The molecule has 1 fully saturated rings. The van der Waals surface area contributed by atoms with Gasteiger partial charge >= 0.3 is 0 Å². The molecule has 1 aliphatic rings. The van der Waals surface area contributed by atoms with Crippen LogP contribution < -0.4 is 5.32 Å². The summed E-state index contributed by atoms with van der Waals surface area (Å²) in [5.74, 6) is -0.585. The standard InChI is InChI=1S/C23H25FN4O4S/c1-14-7-9-19(12-20(14)24)26-23(29)18-5-4-10-28(13-18)33(30,31)21-11-17(8-6-15(21)2)22-25-16(3)32-27-22/h6-9,11-12,18H,4-5,10,13H2,1-3H3,(H,26,29)/t18-/m1/s1. The normalized spacial score (nSPS) is 17.2. The number of anilines is 1. The summed E-state index contributed by atoms with van der Waals surface area (Å²) in [6.07, 6.45) is 1.09. The molecule has 0 saturated carbocycles. The third-order valence-electron chi connectivity index (χ3n) is 5.79. The number of aryl methyl sites for hydroxylation is 3. The van der Waals surface area contributed by atoms with Crippen molar-refractivity contribution in [3.8, 4) is 11.4 Å². The molecule has 0 radical (unpaired) electrons. The molecular formula is C23H25FN4O4S. The Morgan fingerprint density at radius 3 is 2.61 bits per heavy atom. The maximum Gasteiger partial charge on any atom is 0.243 e. The number of halogens is 1. The third-order valence-corrected chi connectivity index (χ3v) is 7.79. The minimum atomic E-state index is -3.86. The molecule has 2 heterocycles. The van der Waals surface area contributed by atoms with Gasteiger partial charge in [-0.3, -0.25) is 4.79 Å². The van der Waals surface area contributed by atoms with Crippen LogP contribution in [0.1, 0.15) is 29.9 Å². The molecule has 1 atom stereocenters. The second kappa shape index (κ2) is 9.03. The summed E-state index contributed by atoms with van der Waals surface area (Å²) in [4.78, 5) is 17.1. The van der Waals surface area contributed by atoms with Crippen LogP contribution in [-0.2, 0) is 14.8 Å². The molecule has 0 unspecified atom stereocenters. The Bertz CT molecular complexity index is 1310. The number of carbonyl (C=O) groups excluding carboxylic acids is 1. The van der Waals surface area contributed by atoms with E-state index in [9.17, 15) is 17.6 Å². The summed E-state index contributed by atoms with van der Waals surface area (Å²) in [5, 5.41) is 6.57. The first-order chi connectivity index (χ1) is 15.6. The van der Waals surface area contributed by atoms with Gasteiger partial charge in [-0.25, -0.2) is 12.8 Å². The van der Waals surface area contributed by atoms with E-state index in [-0.39, 0.29) is 17.3 Å². The molecule has 8 nitrogen and oxygen atoms in total. The first-order valence-corrected chi connectivity index (χ1v) is 12.1. The third kappa shape index (κ3) is 4.81. The summed E-state index contributed by atoms with van der Waals surface area (Å²) >= 11 is 0. The fourth-order valence-electron chi connectivity index (χ4n) is 3.86. The Morgan fingerprint density at radius 2 is 1.91 bits per heavy atom. The van der Waals surface area contributed by atoms with Crippen molar-refractivity contribution < 1.29 is 22.1 Å². The lowest BCUT2D eigenvalue weighted by atomic mass is 9.98. The van der Waals surface area contributed by atoms with Crippen LogP contribution in [0.25, 0.3) is 11.4 Å². The summed E-state index contributed by atoms with van der Waals surface area (Å²) in [5.41, 5.74) is 1.95. The molecule has 1 aromatic heterocycles. The predicted octanol–water partition coefficient (Wildman–Crippen LogP) is 3.84. The number of nitrogens with zero attached hydrogens (tertiary/aromatic N) is 3.